The second-order valence-corrected chi connectivity index (χ2v) is 2.39. The fourth-order valence-electron chi connectivity index (χ4n) is 1.04. The van der Waals surface area contributed by atoms with Gasteiger partial charge in [0.2, 0.25) is 0 Å². The number of rotatable bonds is 0. The smallest absolute Gasteiger partial charge is 0.183 e. The lowest BCUT2D eigenvalue weighted by Crippen LogP contribution is -1.98. The predicted octanol–water partition coefficient (Wildman–Crippen LogP) is 0.331. The first-order valence-corrected chi connectivity index (χ1v) is 3.31. The summed E-state index contributed by atoms with van der Waals surface area (Å²) < 4.78 is 1.82. The Kier molecular flexibility index (Phi) is 1.09. The van der Waals surface area contributed by atoms with Crippen LogP contribution in [0.2, 0.25) is 0 Å². The van der Waals surface area contributed by atoms with Crippen LogP contribution in [0.25, 0.3) is 5.65 Å². The van der Waals surface area contributed by atoms with Gasteiger partial charge in [-0.1, -0.05) is 0 Å². The molecule has 0 unspecified atom stereocenters. The summed E-state index contributed by atoms with van der Waals surface area (Å²) >= 11 is 0. The van der Waals surface area contributed by atoms with E-state index in [9.17, 15) is 4.79 Å². The van der Waals surface area contributed by atoms with E-state index < -0.39 is 0 Å². The molecule has 0 aliphatic rings. The molecule has 4 nitrogen and oxygen atoms in total. The minimum absolute atomic E-state index is 0.00588. The molecule has 0 saturated heterocycles. The van der Waals surface area contributed by atoms with Gasteiger partial charge in [0, 0.05) is 18.3 Å². The molecule has 0 saturated carbocycles. The van der Waals surface area contributed by atoms with Crippen LogP contribution in [0, 0.1) is 6.92 Å². The van der Waals surface area contributed by atoms with Crippen molar-refractivity contribution in [2.24, 2.45) is 0 Å². The van der Waals surface area contributed by atoms with Gasteiger partial charge in [-0.15, -0.1) is 0 Å². The first-order valence-electron chi connectivity index (χ1n) is 3.31. The molecule has 0 aliphatic carbocycles. The Labute approximate surface area is 62.5 Å². The molecular formula is C7H7N3O. The number of nitrogens with one attached hydrogen (secondary N) is 1. The Bertz CT molecular complexity index is 440. The highest BCUT2D eigenvalue weighted by Crippen LogP contribution is 1.96. The molecular weight excluding hydrogens is 142 g/mol. The van der Waals surface area contributed by atoms with Crippen LogP contribution < -0.4 is 5.43 Å². The molecule has 0 amide bonds. The highest BCUT2D eigenvalue weighted by Gasteiger charge is 1.96. The Hall–Kier alpha value is -1.58. The Morgan fingerprint density at radius 3 is 3.27 bits per heavy atom. The number of hydrogen-bond acceptors (Lipinski definition) is 2. The summed E-state index contributed by atoms with van der Waals surface area (Å²) in [6.07, 6.45) is 1.70. The van der Waals surface area contributed by atoms with Crippen LogP contribution in [0.5, 0.6) is 0 Å². The molecule has 0 fully saturated rings. The zero-order valence-electron chi connectivity index (χ0n) is 6.03. The molecule has 0 aromatic carbocycles. The minimum Gasteiger partial charge on any atom is -0.290 e. The van der Waals surface area contributed by atoms with Gasteiger partial charge in [0.15, 0.2) is 5.43 Å². The van der Waals surface area contributed by atoms with E-state index in [4.69, 9.17) is 0 Å². The molecule has 4 heteroatoms. The lowest BCUT2D eigenvalue weighted by molar-refractivity contribution is 1.01. The molecule has 0 bridgehead atoms. The molecule has 56 valence electrons. The van der Waals surface area contributed by atoms with Crippen LogP contribution in [0.4, 0.5) is 0 Å². The fraction of sp³-hybridized carbons (Fsp3) is 0.143. The number of fused-ring (bicyclic) bond motifs is 1. The number of aromatic amines is 1. The van der Waals surface area contributed by atoms with Crippen molar-refractivity contribution in [1.82, 2.24) is 14.6 Å². The van der Waals surface area contributed by atoms with Crippen molar-refractivity contribution in [2.75, 3.05) is 0 Å². The minimum atomic E-state index is -0.00588. The first-order chi connectivity index (χ1) is 5.27. The maximum absolute atomic E-state index is 10.8. The van der Waals surface area contributed by atoms with Crippen molar-refractivity contribution >= 4 is 5.65 Å². The summed E-state index contributed by atoms with van der Waals surface area (Å²) in [6, 6.07) is 3.02. The summed E-state index contributed by atoms with van der Waals surface area (Å²) in [6.45, 7) is 1.87. The summed E-state index contributed by atoms with van der Waals surface area (Å²) in [5, 5.41) is 6.68. The summed E-state index contributed by atoms with van der Waals surface area (Å²) in [5.41, 5.74) is 0.726. The van der Waals surface area contributed by atoms with Gasteiger partial charge in [-0.05, 0) is 6.92 Å². The maximum atomic E-state index is 10.8. The van der Waals surface area contributed by atoms with Crippen molar-refractivity contribution in [1.29, 1.82) is 0 Å². The average molecular weight is 149 g/mol. The number of aromatic nitrogens is 3. The molecule has 2 aromatic heterocycles. The van der Waals surface area contributed by atoms with E-state index in [2.05, 4.69) is 10.2 Å². The van der Waals surface area contributed by atoms with Crippen molar-refractivity contribution in [3.8, 4) is 0 Å². The highest BCUT2D eigenvalue weighted by molar-refractivity contribution is 5.36. The quantitative estimate of drug-likeness (QED) is 0.586. The van der Waals surface area contributed by atoms with Crippen molar-refractivity contribution in [3.05, 3.63) is 34.4 Å². The summed E-state index contributed by atoms with van der Waals surface area (Å²) in [5.74, 6) is 0.847. The Morgan fingerprint density at radius 1 is 1.64 bits per heavy atom. The summed E-state index contributed by atoms with van der Waals surface area (Å²) in [4.78, 5) is 10.8. The van der Waals surface area contributed by atoms with Gasteiger partial charge < -0.3 is 0 Å². The SMILES string of the molecule is Cc1n[nH]c2cc(=O)ccn12. The largest absolute Gasteiger partial charge is 0.290 e. The fourth-order valence-corrected chi connectivity index (χ4v) is 1.04. The molecule has 2 rings (SSSR count). The first kappa shape index (κ1) is 6.15. The third kappa shape index (κ3) is 0.832. The summed E-state index contributed by atoms with van der Waals surface area (Å²) in [7, 11) is 0. The maximum Gasteiger partial charge on any atom is 0.183 e. The number of aryl methyl sites for hydroxylation is 1. The van der Waals surface area contributed by atoms with Crippen LogP contribution in [-0.2, 0) is 0 Å². The monoisotopic (exact) mass is 149 g/mol. The third-order valence-corrected chi connectivity index (χ3v) is 1.61. The number of hydrogen-bond donors (Lipinski definition) is 1. The number of pyridine rings is 1. The molecule has 0 aliphatic heterocycles. The van der Waals surface area contributed by atoms with Crippen LogP contribution in [0.1, 0.15) is 5.82 Å². The van der Waals surface area contributed by atoms with Crippen molar-refractivity contribution < 1.29 is 0 Å². The zero-order valence-corrected chi connectivity index (χ0v) is 6.03. The molecule has 0 atom stereocenters. The van der Waals surface area contributed by atoms with E-state index in [1.54, 1.807) is 6.20 Å². The van der Waals surface area contributed by atoms with Gasteiger partial charge >= 0.3 is 0 Å². The van der Waals surface area contributed by atoms with E-state index in [-0.39, 0.29) is 5.43 Å². The lowest BCUT2D eigenvalue weighted by Gasteiger charge is -1.89. The zero-order chi connectivity index (χ0) is 7.84. The second-order valence-electron chi connectivity index (χ2n) is 2.39. The number of nitrogens with zero attached hydrogens (tertiary/aromatic N) is 2. The molecule has 2 aromatic rings. The topological polar surface area (TPSA) is 50.2 Å². The highest BCUT2D eigenvalue weighted by atomic mass is 16.1. The van der Waals surface area contributed by atoms with Crippen LogP contribution in [0.3, 0.4) is 0 Å². The third-order valence-electron chi connectivity index (χ3n) is 1.61. The van der Waals surface area contributed by atoms with Crippen LogP contribution in [-0.4, -0.2) is 14.6 Å². The standard InChI is InChI=1S/C7H7N3O/c1-5-8-9-7-4-6(11)2-3-10(5)7/h2-4,9H,1H3. The van der Waals surface area contributed by atoms with Crippen molar-refractivity contribution in [2.45, 2.75) is 6.92 Å². The molecule has 1 N–H and O–H groups in total. The van der Waals surface area contributed by atoms with E-state index >= 15 is 0 Å². The van der Waals surface area contributed by atoms with E-state index in [1.807, 2.05) is 11.3 Å². The van der Waals surface area contributed by atoms with Gasteiger partial charge in [-0.25, -0.2) is 0 Å². The van der Waals surface area contributed by atoms with Gasteiger partial charge in [0.1, 0.15) is 11.5 Å². The van der Waals surface area contributed by atoms with E-state index in [1.165, 1.54) is 12.1 Å². The van der Waals surface area contributed by atoms with Gasteiger partial charge in [0.05, 0.1) is 0 Å². The van der Waals surface area contributed by atoms with Gasteiger partial charge in [-0.3, -0.25) is 14.3 Å². The normalized spacial score (nSPS) is 10.6. The van der Waals surface area contributed by atoms with Crippen molar-refractivity contribution in [3.63, 3.8) is 0 Å². The molecule has 0 spiro atoms. The van der Waals surface area contributed by atoms with E-state index in [0.29, 0.717) is 0 Å². The molecule has 11 heavy (non-hydrogen) atoms. The van der Waals surface area contributed by atoms with Gasteiger partial charge in [-0.2, -0.15) is 5.10 Å². The molecule has 2 heterocycles. The lowest BCUT2D eigenvalue weighted by atomic mass is 10.4. The van der Waals surface area contributed by atoms with Crippen LogP contribution >= 0.6 is 0 Å². The average Bonchev–Trinajstić information content (AvgIpc) is 2.32. The predicted molar refractivity (Wildman–Crippen MR) is 40.5 cm³/mol. The number of H-pyrrole nitrogens is 1. The Balaban J connectivity index is 2.96. The molecule has 0 radical (unpaired) electrons. The van der Waals surface area contributed by atoms with Crippen LogP contribution in [0.15, 0.2) is 23.1 Å². The van der Waals surface area contributed by atoms with Gasteiger partial charge in [0.25, 0.3) is 0 Å². The second kappa shape index (κ2) is 1.95. The Morgan fingerprint density at radius 2 is 2.45 bits per heavy atom. The van der Waals surface area contributed by atoms with E-state index in [0.717, 1.165) is 11.5 Å².